The van der Waals surface area contributed by atoms with Crippen LogP contribution in [0.15, 0.2) is 0 Å². The molecule has 25 heavy (non-hydrogen) atoms. The Kier molecular flexibility index (Phi) is 8.86. The Balaban J connectivity index is 2.36. The van der Waals surface area contributed by atoms with E-state index in [-0.39, 0.29) is 30.9 Å². The van der Waals surface area contributed by atoms with Crippen LogP contribution in [0.1, 0.15) is 20.8 Å². The molecule has 0 aromatic carbocycles. The number of carbonyl (C=O) groups is 4. The normalized spacial score (nSPS) is 18.3. The predicted octanol–water partition coefficient (Wildman–Crippen LogP) is -1.32. The molecule has 1 aliphatic heterocycles. The fourth-order valence-electron chi connectivity index (χ4n) is 2.58. The number of hydrogen-bond acceptors (Lipinski definition) is 6. The third-order valence-electron chi connectivity index (χ3n) is 3.74. The third kappa shape index (κ3) is 7.94. The second-order valence-electron chi connectivity index (χ2n) is 5.87. The number of hydrogen-bond donors (Lipinski definition) is 4. The minimum absolute atomic E-state index is 0.0472. The Morgan fingerprint density at radius 3 is 1.88 bits per heavy atom. The molecule has 0 bridgehead atoms. The molecule has 0 aromatic heterocycles. The van der Waals surface area contributed by atoms with Crippen LogP contribution in [0.25, 0.3) is 0 Å². The average Bonchev–Trinajstić information content (AvgIpc) is 2.50. The lowest BCUT2D eigenvalue weighted by molar-refractivity contribution is -0.124. The molecule has 6 amide bonds. The number of rotatable bonds is 6. The topological polar surface area (TPSA) is 123 Å². The van der Waals surface area contributed by atoms with Gasteiger partial charge in [-0.2, -0.15) is 0 Å². The summed E-state index contributed by atoms with van der Waals surface area (Å²) in [6.45, 7) is 8.43. The second-order valence-corrected chi connectivity index (χ2v) is 5.87. The monoisotopic (exact) mass is 356 g/mol. The fourth-order valence-corrected chi connectivity index (χ4v) is 2.58. The maximum atomic E-state index is 11.8. The van der Waals surface area contributed by atoms with Gasteiger partial charge < -0.3 is 10.6 Å². The van der Waals surface area contributed by atoms with Crippen molar-refractivity contribution >= 4 is 23.9 Å². The Morgan fingerprint density at radius 1 is 0.880 bits per heavy atom. The summed E-state index contributed by atoms with van der Waals surface area (Å²) in [7, 11) is 0. The molecule has 1 fully saturated rings. The summed E-state index contributed by atoms with van der Waals surface area (Å²) in [6.07, 6.45) is 0. The van der Waals surface area contributed by atoms with E-state index in [4.69, 9.17) is 0 Å². The van der Waals surface area contributed by atoms with E-state index in [1.807, 2.05) is 16.7 Å². The highest BCUT2D eigenvalue weighted by molar-refractivity contribution is 5.95. The van der Waals surface area contributed by atoms with E-state index < -0.39 is 12.1 Å². The largest absolute Gasteiger partial charge is 0.338 e. The minimum Gasteiger partial charge on any atom is -0.338 e. The molecular formula is C15H28N6O4. The highest BCUT2D eigenvalue weighted by Crippen LogP contribution is 2.08. The first kappa shape index (κ1) is 20.8. The van der Waals surface area contributed by atoms with E-state index in [0.29, 0.717) is 32.7 Å². The van der Waals surface area contributed by atoms with Crippen molar-refractivity contribution in [2.45, 2.75) is 26.8 Å². The van der Waals surface area contributed by atoms with Crippen LogP contribution in [0.2, 0.25) is 0 Å². The van der Waals surface area contributed by atoms with Crippen molar-refractivity contribution in [3.63, 3.8) is 0 Å². The molecule has 4 N–H and O–H groups in total. The molecule has 1 atom stereocenters. The summed E-state index contributed by atoms with van der Waals surface area (Å²) in [4.78, 5) is 50.2. The molecule has 1 heterocycles. The van der Waals surface area contributed by atoms with E-state index in [2.05, 4.69) is 21.3 Å². The second kappa shape index (κ2) is 10.6. The van der Waals surface area contributed by atoms with Crippen molar-refractivity contribution < 1.29 is 19.2 Å². The summed E-state index contributed by atoms with van der Waals surface area (Å²) in [5, 5.41) is 9.54. The number of amides is 6. The van der Waals surface area contributed by atoms with Gasteiger partial charge in [-0.3, -0.25) is 30.0 Å². The van der Waals surface area contributed by atoms with Crippen molar-refractivity contribution in [3.8, 4) is 0 Å². The SMILES string of the molecule is CCNC(=O)NC(=O)CN1CCN(CC(=O)NC(=O)NCC)[C@H](C)C1. The summed E-state index contributed by atoms with van der Waals surface area (Å²) in [6, 6.07) is -0.951. The van der Waals surface area contributed by atoms with Gasteiger partial charge in [-0.05, 0) is 20.8 Å². The van der Waals surface area contributed by atoms with Crippen molar-refractivity contribution in [2.75, 3.05) is 45.8 Å². The molecule has 1 saturated heterocycles. The van der Waals surface area contributed by atoms with Crippen molar-refractivity contribution in [3.05, 3.63) is 0 Å². The van der Waals surface area contributed by atoms with Crippen LogP contribution < -0.4 is 21.3 Å². The highest BCUT2D eigenvalue weighted by atomic mass is 16.2. The number of imide groups is 2. The molecular weight excluding hydrogens is 328 g/mol. The first-order valence-electron chi connectivity index (χ1n) is 8.47. The van der Waals surface area contributed by atoms with Gasteiger partial charge in [0, 0.05) is 38.8 Å². The summed E-state index contributed by atoms with van der Waals surface area (Å²) in [5.41, 5.74) is 0. The van der Waals surface area contributed by atoms with Crippen LogP contribution in [-0.4, -0.2) is 85.5 Å². The van der Waals surface area contributed by atoms with Crippen molar-refractivity contribution in [1.82, 2.24) is 31.1 Å². The van der Waals surface area contributed by atoms with Gasteiger partial charge in [-0.15, -0.1) is 0 Å². The fraction of sp³-hybridized carbons (Fsp3) is 0.733. The van der Waals surface area contributed by atoms with Crippen LogP contribution >= 0.6 is 0 Å². The molecule has 10 nitrogen and oxygen atoms in total. The number of nitrogens with one attached hydrogen (secondary N) is 4. The summed E-state index contributed by atoms with van der Waals surface area (Å²) in [5.74, 6) is -0.721. The van der Waals surface area contributed by atoms with Crippen molar-refractivity contribution in [1.29, 1.82) is 0 Å². The van der Waals surface area contributed by atoms with Gasteiger partial charge in [0.25, 0.3) is 0 Å². The number of urea groups is 2. The van der Waals surface area contributed by atoms with E-state index in [9.17, 15) is 19.2 Å². The summed E-state index contributed by atoms with van der Waals surface area (Å²) >= 11 is 0. The highest BCUT2D eigenvalue weighted by Gasteiger charge is 2.26. The quantitative estimate of drug-likeness (QED) is 0.468. The lowest BCUT2D eigenvalue weighted by atomic mass is 10.2. The average molecular weight is 356 g/mol. The molecule has 1 rings (SSSR count). The zero-order valence-electron chi connectivity index (χ0n) is 15.1. The Morgan fingerprint density at radius 2 is 1.40 bits per heavy atom. The lowest BCUT2D eigenvalue weighted by Gasteiger charge is -2.39. The number of piperazine rings is 1. The molecule has 0 spiro atoms. The Labute approximate surface area is 147 Å². The zero-order valence-corrected chi connectivity index (χ0v) is 15.1. The Bertz CT molecular complexity index is 498. The molecule has 0 unspecified atom stereocenters. The zero-order chi connectivity index (χ0) is 18.8. The van der Waals surface area contributed by atoms with Gasteiger partial charge >= 0.3 is 12.1 Å². The first-order chi connectivity index (χ1) is 11.8. The summed E-state index contributed by atoms with van der Waals surface area (Å²) < 4.78 is 0. The van der Waals surface area contributed by atoms with E-state index in [1.165, 1.54) is 0 Å². The maximum Gasteiger partial charge on any atom is 0.321 e. The number of nitrogens with zero attached hydrogens (tertiary/aromatic N) is 2. The number of carbonyl (C=O) groups excluding carboxylic acids is 4. The van der Waals surface area contributed by atoms with Gasteiger partial charge in [-0.25, -0.2) is 9.59 Å². The molecule has 0 aliphatic carbocycles. The standard InChI is InChI=1S/C15H28N6O4/c1-4-16-14(24)18-12(22)9-20-6-7-21(11(3)8-20)10-13(23)19-15(25)17-5-2/h11H,4-10H2,1-3H3,(H2,16,18,22,24)(H2,17,19,23,25)/t11-/m1/s1. The molecule has 0 radical (unpaired) electrons. The first-order valence-corrected chi connectivity index (χ1v) is 8.47. The lowest BCUT2D eigenvalue weighted by Crippen LogP contribution is -2.56. The molecule has 1 aliphatic rings. The van der Waals surface area contributed by atoms with Crippen LogP contribution in [-0.2, 0) is 9.59 Å². The Hall–Kier alpha value is -2.20. The van der Waals surface area contributed by atoms with Crippen LogP contribution in [0, 0.1) is 0 Å². The van der Waals surface area contributed by atoms with Gasteiger partial charge in [-0.1, -0.05) is 0 Å². The molecule has 0 aromatic rings. The molecule has 0 saturated carbocycles. The van der Waals surface area contributed by atoms with Crippen LogP contribution in [0.3, 0.4) is 0 Å². The van der Waals surface area contributed by atoms with Gasteiger partial charge in [0.15, 0.2) is 0 Å². The predicted molar refractivity (Wildman–Crippen MR) is 91.9 cm³/mol. The van der Waals surface area contributed by atoms with Crippen LogP contribution in [0.4, 0.5) is 9.59 Å². The smallest absolute Gasteiger partial charge is 0.321 e. The maximum absolute atomic E-state index is 11.8. The molecule has 142 valence electrons. The molecule has 10 heteroatoms. The van der Waals surface area contributed by atoms with Gasteiger partial charge in [0.1, 0.15) is 0 Å². The van der Waals surface area contributed by atoms with E-state index in [1.54, 1.807) is 13.8 Å². The van der Waals surface area contributed by atoms with Gasteiger partial charge in [0.05, 0.1) is 13.1 Å². The van der Waals surface area contributed by atoms with Gasteiger partial charge in [0.2, 0.25) is 11.8 Å². The minimum atomic E-state index is -0.499. The van der Waals surface area contributed by atoms with Crippen molar-refractivity contribution in [2.24, 2.45) is 0 Å². The third-order valence-corrected chi connectivity index (χ3v) is 3.74. The van der Waals surface area contributed by atoms with E-state index in [0.717, 1.165) is 0 Å². The van der Waals surface area contributed by atoms with Crippen LogP contribution in [0.5, 0.6) is 0 Å². The van der Waals surface area contributed by atoms with E-state index >= 15 is 0 Å².